The van der Waals surface area contributed by atoms with Gasteiger partial charge >= 0.3 is 0 Å². The standard InChI is InChI=1S/C13H19ClN2O2S2/c1-15-8-10-4-5-12(7-13(10)14)20(17,18)16-11-3-2-6-19-9-11/h4-5,7,11,15-16H,2-3,6,8-9H2,1H3. The van der Waals surface area contributed by atoms with Crippen LogP contribution in [0.25, 0.3) is 0 Å². The number of rotatable bonds is 5. The van der Waals surface area contributed by atoms with Gasteiger partial charge in [0.15, 0.2) is 0 Å². The normalized spacial score (nSPS) is 20.0. The second-order valence-corrected chi connectivity index (χ2v) is 8.09. The zero-order valence-electron chi connectivity index (χ0n) is 11.4. The smallest absolute Gasteiger partial charge is 0.240 e. The Labute approximate surface area is 129 Å². The molecule has 0 aromatic heterocycles. The summed E-state index contributed by atoms with van der Waals surface area (Å²) in [6.45, 7) is 0.617. The van der Waals surface area contributed by atoms with Crippen LogP contribution in [0.1, 0.15) is 18.4 Å². The maximum atomic E-state index is 12.3. The van der Waals surface area contributed by atoms with Gasteiger partial charge in [-0.15, -0.1) is 0 Å². The van der Waals surface area contributed by atoms with E-state index in [2.05, 4.69) is 10.0 Å². The van der Waals surface area contributed by atoms with Crippen LogP contribution < -0.4 is 10.0 Å². The molecule has 7 heteroatoms. The molecule has 1 atom stereocenters. The molecule has 112 valence electrons. The maximum Gasteiger partial charge on any atom is 0.240 e. The van der Waals surface area contributed by atoms with Crippen molar-refractivity contribution in [2.75, 3.05) is 18.6 Å². The third kappa shape index (κ3) is 4.11. The zero-order chi connectivity index (χ0) is 14.6. The fourth-order valence-corrected chi connectivity index (χ4v) is 4.94. The lowest BCUT2D eigenvalue weighted by molar-refractivity contribution is 0.543. The van der Waals surface area contributed by atoms with Gasteiger partial charge in [-0.1, -0.05) is 17.7 Å². The van der Waals surface area contributed by atoms with Crippen molar-refractivity contribution in [1.82, 2.24) is 10.0 Å². The number of hydrogen-bond acceptors (Lipinski definition) is 4. The van der Waals surface area contributed by atoms with Crippen LogP contribution in [0.2, 0.25) is 5.02 Å². The lowest BCUT2D eigenvalue weighted by Gasteiger charge is -2.22. The zero-order valence-corrected chi connectivity index (χ0v) is 13.7. The molecule has 1 aromatic rings. The van der Waals surface area contributed by atoms with E-state index < -0.39 is 10.0 Å². The van der Waals surface area contributed by atoms with E-state index in [-0.39, 0.29) is 10.9 Å². The van der Waals surface area contributed by atoms with Gasteiger partial charge in [0.1, 0.15) is 0 Å². The van der Waals surface area contributed by atoms with E-state index in [4.69, 9.17) is 11.6 Å². The fourth-order valence-electron chi connectivity index (χ4n) is 2.15. The summed E-state index contributed by atoms with van der Waals surface area (Å²) in [5, 5.41) is 3.47. The van der Waals surface area contributed by atoms with Crippen molar-refractivity contribution in [2.45, 2.75) is 30.3 Å². The minimum Gasteiger partial charge on any atom is -0.316 e. The Morgan fingerprint density at radius 1 is 1.45 bits per heavy atom. The lowest BCUT2D eigenvalue weighted by Crippen LogP contribution is -2.38. The summed E-state index contributed by atoms with van der Waals surface area (Å²) in [7, 11) is -1.66. The molecule has 1 unspecified atom stereocenters. The number of halogens is 1. The highest BCUT2D eigenvalue weighted by molar-refractivity contribution is 7.99. The molecule has 0 bridgehead atoms. The minimum absolute atomic E-state index is 0.0227. The Bertz CT molecular complexity index is 557. The predicted octanol–water partition coefficient (Wildman–Crippen LogP) is 2.23. The topological polar surface area (TPSA) is 58.2 Å². The summed E-state index contributed by atoms with van der Waals surface area (Å²) in [5.41, 5.74) is 0.890. The highest BCUT2D eigenvalue weighted by Gasteiger charge is 2.22. The van der Waals surface area contributed by atoms with Gasteiger partial charge in [0, 0.05) is 23.4 Å². The van der Waals surface area contributed by atoms with Crippen molar-refractivity contribution in [3.05, 3.63) is 28.8 Å². The molecule has 4 nitrogen and oxygen atoms in total. The third-order valence-corrected chi connectivity index (χ3v) is 6.27. The summed E-state index contributed by atoms with van der Waals surface area (Å²) < 4.78 is 27.4. The van der Waals surface area contributed by atoms with E-state index in [0.29, 0.717) is 11.6 Å². The largest absolute Gasteiger partial charge is 0.316 e. The number of sulfonamides is 1. The fraction of sp³-hybridized carbons (Fsp3) is 0.538. The number of benzene rings is 1. The molecule has 1 saturated heterocycles. The van der Waals surface area contributed by atoms with Crippen LogP contribution in [0.4, 0.5) is 0 Å². The Morgan fingerprint density at radius 2 is 2.25 bits per heavy atom. The Kier molecular flexibility index (Phi) is 5.74. The van der Waals surface area contributed by atoms with E-state index in [1.54, 1.807) is 23.9 Å². The highest BCUT2D eigenvalue weighted by Crippen LogP contribution is 2.23. The number of thioether (sulfide) groups is 1. The van der Waals surface area contributed by atoms with Crippen molar-refractivity contribution in [3.8, 4) is 0 Å². The van der Waals surface area contributed by atoms with E-state index >= 15 is 0 Å². The monoisotopic (exact) mass is 334 g/mol. The summed E-state index contributed by atoms with van der Waals surface area (Å²) in [4.78, 5) is 0.234. The van der Waals surface area contributed by atoms with Gasteiger partial charge in [-0.25, -0.2) is 13.1 Å². The molecule has 1 aromatic carbocycles. The Morgan fingerprint density at radius 3 is 2.85 bits per heavy atom. The van der Waals surface area contributed by atoms with Crippen molar-refractivity contribution in [3.63, 3.8) is 0 Å². The summed E-state index contributed by atoms with van der Waals surface area (Å²) in [6.07, 6.45) is 1.96. The quantitative estimate of drug-likeness (QED) is 0.867. The van der Waals surface area contributed by atoms with E-state index in [0.717, 1.165) is 29.9 Å². The van der Waals surface area contributed by atoms with Gasteiger partial charge in [-0.3, -0.25) is 0 Å². The van der Waals surface area contributed by atoms with E-state index in [9.17, 15) is 8.42 Å². The molecule has 0 saturated carbocycles. The molecule has 1 heterocycles. The van der Waals surface area contributed by atoms with Crippen molar-refractivity contribution >= 4 is 33.4 Å². The molecule has 1 fully saturated rings. The molecule has 0 amide bonds. The van der Waals surface area contributed by atoms with Gasteiger partial charge in [0.05, 0.1) is 4.90 Å². The molecule has 2 rings (SSSR count). The predicted molar refractivity (Wildman–Crippen MR) is 84.9 cm³/mol. The van der Waals surface area contributed by atoms with Crippen LogP contribution in [0, 0.1) is 0 Å². The first-order valence-electron chi connectivity index (χ1n) is 6.56. The molecular formula is C13H19ClN2O2S2. The van der Waals surface area contributed by atoms with Crippen LogP contribution in [0.5, 0.6) is 0 Å². The number of nitrogens with one attached hydrogen (secondary N) is 2. The van der Waals surface area contributed by atoms with Crippen molar-refractivity contribution < 1.29 is 8.42 Å². The van der Waals surface area contributed by atoms with E-state index in [1.165, 1.54) is 6.07 Å². The maximum absolute atomic E-state index is 12.3. The lowest BCUT2D eigenvalue weighted by atomic mass is 10.2. The summed E-state index contributed by atoms with van der Waals surface area (Å²) >= 11 is 7.91. The molecular weight excluding hydrogens is 316 g/mol. The average Bonchev–Trinajstić information content (AvgIpc) is 2.42. The SMILES string of the molecule is CNCc1ccc(S(=O)(=O)NC2CCCSC2)cc1Cl. The van der Waals surface area contributed by atoms with Gasteiger partial charge < -0.3 is 5.32 Å². The van der Waals surface area contributed by atoms with Crippen LogP contribution in [0.3, 0.4) is 0 Å². The van der Waals surface area contributed by atoms with Gasteiger partial charge in [-0.05, 0) is 43.3 Å². The first kappa shape index (κ1) is 16.1. The molecule has 2 N–H and O–H groups in total. The molecule has 0 radical (unpaired) electrons. The van der Waals surface area contributed by atoms with Crippen LogP contribution in [0.15, 0.2) is 23.1 Å². The third-order valence-electron chi connectivity index (χ3n) is 3.18. The molecule has 1 aliphatic heterocycles. The highest BCUT2D eigenvalue weighted by atomic mass is 35.5. The Balaban J connectivity index is 2.14. The van der Waals surface area contributed by atoms with Crippen LogP contribution in [-0.2, 0) is 16.6 Å². The second-order valence-electron chi connectivity index (χ2n) is 4.82. The molecule has 0 aliphatic carbocycles. The van der Waals surface area contributed by atoms with Crippen LogP contribution in [-0.4, -0.2) is 33.0 Å². The molecule has 0 spiro atoms. The van der Waals surface area contributed by atoms with Crippen molar-refractivity contribution in [1.29, 1.82) is 0 Å². The number of hydrogen-bond donors (Lipinski definition) is 2. The average molecular weight is 335 g/mol. The first-order chi connectivity index (χ1) is 9.53. The second kappa shape index (κ2) is 7.13. The van der Waals surface area contributed by atoms with E-state index in [1.807, 2.05) is 7.05 Å². The summed E-state index contributed by atoms with van der Waals surface area (Å²) in [5.74, 6) is 1.95. The summed E-state index contributed by atoms with van der Waals surface area (Å²) in [6, 6.07) is 4.90. The van der Waals surface area contributed by atoms with Crippen LogP contribution >= 0.6 is 23.4 Å². The van der Waals surface area contributed by atoms with Gasteiger partial charge in [0.2, 0.25) is 10.0 Å². The molecule has 20 heavy (non-hydrogen) atoms. The van der Waals surface area contributed by atoms with Gasteiger partial charge in [-0.2, -0.15) is 11.8 Å². The first-order valence-corrected chi connectivity index (χ1v) is 9.57. The van der Waals surface area contributed by atoms with Gasteiger partial charge in [0.25, 0.3) is 0 Å². The molecule has 1 aliphatic rings. The van der Waals surface area contributed by atoms with Crippen molar-refractivity contribution in [2.24, 2.45) is 0 Å². The Hall–Kier alpha value is -0.270. The minimum atomic E-state index is -3.48.